The molecule has 18 heavy (non-hydrogen) atoms. The molecule has 0 aliphatic heterocycles. The van der Waals surface area contributed by atoms with Crippen molar-refractivity contribution < 1.29 is 21.6 Å². The Morgan fingerprint density at radius 1 is 1.11 bits per heavy atom. The first kappa shape index (κ1) is 13.7. The third kappa shape index (κ3) is 2.12. The summed E-state index contributed by atoms with van der Waals surface area (Å²) in [6.45, 7) is 0. The maximum Gasteiger partial charge on any atom is 0.398 e. The van der Waals surface area contributed by atoms with E-state index in [2.05, 4.69) is 0 Å². The molecule has 0 radical (unpaired) electrons. The Hall–Kier alpha value is -0.750. The smallest absolute Gasteiger partial charge is 0.207 e. The third-order valence-electron chi connectivity index (χ3n) is 3.44. The molecule has 0 saturated heterocycles. The van der Waals surface area contributed by atoms with Crippen molar-refractivity contribution in [3.05, 3.63) is 29.8 Å². The molecule has 1 fully saturated rings. The molecule has 0 atom stereocenters. The highest BCUT2D eigenvalue weighted by molar-refractivity contribution is 8.13. The average molecular weight is 299 g/mol. The minimum absolute atomic E-state index is 0.0451. The summed E-state index contributed by atoms with van der Waals surface area (Å²) < 4.78 is 61.1. The lowest BCUT2D eigenvalue weighted by Gasteiger charge is -2.43. The fraction of sp³-hybridized carbons (Fsp3) is 0.455. The van der Waals surface area contributed by atoms with Crippen molar-refractivity contribution >= 4 is 19.7 Å². The molecular weight excluding hydrogens is 289 g/mol. The molecule has 100 valence electrons. The Labute approximate surface area is 107 Å². The molecule has 0 amide bonds. The van der Waals surface area contributed by atoms with E-state index in [-0.39, 0.29) is 23.3 Å². The van der Waals surface area contributed by atoms with E-state index in [0.717, 1.165) is 12.1 Å². The highest BCUT2D eigenvalue weighted by atomic mass is 35.7. The van der Waals surface area contributed by atoms with Gasteiger partial charge in [0.2, 0.25) is 0 Å². The summed E-state index contributed by atoms with van der Waals surface area (Å²) in [6, 6.07) is 4.62. The second-order valence-electron chi connectivity index (χ2n) is 4.40. The Kier molecular flexibility index (Phi) is 3.14. The predicted molar refractivity (Wildman–Crippen MR) is 61.1 cm³/mol. The fourth-order valence-electron chi connectivity index (χ4n) is 2.20. The molecule has 1 saturated carbocycles. The monoisotopic (exact) mass is 298 g/mol. The van der Waals surface area contributed by atoms with Crippen LogP contribution in [0.3, 0.4) is 0 Å². The summed E-state index contributed by atoms with van der Waals surface area (Å²) in [4.78, 5) is -0.190. The van der Waals surface area contributed by atoms with E-state index in [1.807, 2.05) is 0 Å². The summed E-state index contributed by atoms with van der Waals surface area (Å²) >= 11 is 0. The summed E-state index contributed by atoms with van der Waals surface area (Å²) in [6.07, 6.45) is -3.70. The van der Waals surface area contributed by atoms with Gasteiger partial charge < -0.3 is 0 Å². The summed E-state index contributed by atoms with van der Waals surface area (Å²) in [5.41, 5.74) is -1.72. The van der Waals surface area contributed by atoms with Crippen molar-refractivity contribution in [2.75, 3.05) is 0 Å². The molecule has 0 aromatic heterocycles. The maximum atomic E-state index is 13.0. The number of hydrogen-bond donors (Lipinski definition) is 0. The molecule has 1 aromatic rings. The highest BCUT2D eigenvalue weighted by Gasteiger charge is 2.59. The van der Waals surface area contributed by atoms with Crippen molar-refractivity contribution in [1.82, 2.24) is 0 Å². The Balaban J connectivity index is 2.41. The van der Waals surface area contributed by atoms with Crippen LogP contribution in [-0.4, -0.2) is 14.6 Å². The quantitative estimate of drug-likeness (QED) is 0.782. The molecule has 7 heteroatoms. The van der Waals surface area contributed by atoms with Crippen LogP contribution in [0.2, 0.25) is 0 Å². The van der Waals surface area contributed by atoms with Crippen LogP contribution < -0.4 is 0 Å². The lowest BCUT2D eigenvalue weighted by atomic mass is 9.64. The van der Waals surface area contributed by atoms with Gasteiger partial charge in [-0.3, -0.25) is 0 Å². The van der Waals surface area contributed by atoms with Crippen molar-refractivity contribution in [3.8, 4) is 0 Å². The molecule has 0 spiro atoms. The van der Waals surface area contributed by atoms with Gasteiger partial charge in [0, 0.05) is 10.7 Å². The minimum atomic E-state index is -4.31. The van der Waals surface area contributed by atoms with Crippen molar-refractivity contribution in [3.63, 3.8) is 0 Å². The largest absolute Gasteiger partial charge is 0.398 e. The number of rotatable bonds is 2. The molecule has 0 unspecified atom stereocenters. The normalized spacial score (nSPS) is 19.3. The first-order valence-corrected chi connectivity index (χ1v) is 7.60. The minimum Gasteiger partial charge on any atom is -0.207 e. The molecule has 0 N–H and O–H groups in total. The standard InChI is InChI=1S/C11H10ClF3O2S/c12-18(16,17)9-4-2-8(3-5-9)10(6-1-7-10)11(13,14)15/h2-5H,1,6-7H2. The van der Waals surface area contributed by atoms with E-state index in [1.165, 1.54) is 12.1 Å². The number of hydrogen-bond acceptors (Lipinski definition) is 2. The van der Waals surface area contributed by atoms with Crippen LogP contribution in [0.15, 0.2) is 29.2 Å². The highest BCUT2D eigenvalue weighted by Crippen LogP contribution is 2.54. The van der Waals surface area contributed by atoms with E-state index in [4.69, 9.17) is 10.7 Å². The van der Waals surface area contributed by atoms with Crippen LogP contribution in [0.4, 0.5) is 13.2 Å². The van der Waals surface area contributed by atoms with Gasteiger partial charge in [-0.2, -0.15) is 13.2 Å². The molecule has 2 nitrogen and oxygen atoms in total. The van der Waals surface area contributed by atoms with Crippen LogP contribution >= 0.6 is 10.7 Å². The van der Waals surface area contributed by atoms with Crippen molar-refractivity contribution in [2.45, 2.75) is 35.7 Å². The van der Waals surface area contributed by atoms with Crippen LogP contribution in [0, 0.1) is 0 Å². The van der Waals surface area contributed by atoms with Crippen LogP contribution in [0.1, 0.15) is 24.8 Å². The average Bonchev–Trinajstić information content (AvgIpc) is 2.12. The molecule has 0 heterocycles. The fourth-order valence-corrected chi connectivity index (χ4v) is 2.97. The van der Waals surface area contributed by atoms with Gasteiger partial charge in [-0.15, -0.1) is 0 Å². The van der Waals surface area contributed by atoms with Crippen molar-refractivity contribution in [1.29, 1.82) is 0 Å². The van der Waals surface area contributed by atoms with Crippen LogP contribution in [-0.2, 0) is 14.5 Å². The second kappa shape index (κ2) is 4.13. The van der Waals surface area contributed by atoms with Gasteiger partial charge >= 0.3 is 6.18 Å². The first-order valence-electron chi connectivity index (χ1n) is 5.29. The van der Waals surface area contributed by atoms with Crippen molar-refractivity contribution in [2.24, 2.45) is 0 Å². The van der Waals surface area contributed by atoms with Crippen LogP contribution in [0.25, 0.3) is 0 Å². The molecule has 1 aliphatic carbocycles. The van der Waals surface area contributed by atoms with E-state index in [0.29, 0.717) is 6.42 Å². The third-order valence-corrected chi connectivity index (χ3v) is 4.81. The van der Waals surface area contributed by atoms with Gasteiger partial charge in [-0.1, -0.05) is 18.6 Å². The Morgan fingerprint density at radius 2 is 1.61 bits per heavy atom. The summed E-state index contributed by atoms with van der Waals surface area (Å²) in [5.74, 6) is 0. The second-order valence-corrected chi connectivity index (χ2v) is 6.96. The van der Waals surface area contributed by atoms with Gasteiger partial charge in [0.05, 0.1) is 10.3 Å². The lowest BCUT2D eigenvalue weighted by molar-refractivity contribution is -0.212. The van der Waals surface area contributed by atoms with E-state index in [1.54, 1.807) is 0 Å². The summed E-state index contributed by atoms with van der Waals surface area (Å²) in [5, 5.41) is 0. The SMILES string of the molecule is O=S(=O)(Cl)c1ccc(C2(C(F)(F)F)CCC2)cc1. The van der Waals surface area contributed by atoms with Gasteiger partial charge in [-0.25, -0.2) is 8.42 Å². The zero-order chi connectivity index (χ0) is 13.6. The lowest BCUT2D eigenvalue weighted by Crippen LogP contribution is -2.47. The van der Waals surface area contributed by atoms with Gasteiger partial charge in [0.15, 0.2) is 0 Å². The predicted octanol–water partition coefficient (Wildman–Crippen LogP) is 3.60. The van der Waals surface area contributed by atoms with Gasteiger partial charge in [0.25, 0.3) is 9.05 Å². The zero-order valence-corrected chi connectivity index (χ0v) is 10.7. The van der Waals surface area contributed by atoms with Gasteiger partial charge in [-0.05, 0) is 30.5 Å². The summed E-state index contributed by atoms with van der Waals surface area (Å²) in [7, 11) is 1.21. The first-order chi connectivity index (χ1) is 8.17. The van der Waals surface area contributed by atoms with E-state index in [9.17, 15) is 21.6 Å². The zero-order valence-electron chi connectivity index (χ0n) is 9.17. The Morgan fingerprint density at radius 3 is 1.89 bits per heavy atom. The number of alkyl halides is 3. The molecule has 1 aliphatic rings. The van der Waals surface area contributed by atoms with Gasteiger partial charge in [0.1, 0.15) is 0 Å². The Bertz CT molecular complexity index is 545. The molecular formula is C11H10ClF3O2S. The number of halogens is 4. The van der Waals surface area contributed by atoms with E-state index < -0.39 is 20.6 Å². The topological polar surface area (TPSA) is 34.1 Å². The molecule has 0 bridgehead atoms. The van der Waals surface area contributed by atoms with E-state index >= 15 is 0 Å². The maximum absolute atomic E-state index is 13.0. The number of benzene rings is 1. The molecule has 1 aromatic carbocycles. The molecule has 2 rings (SSSR count). The van der Waals surface area contributed by atoms with Crippen LogP contribution in [0.5, 0.6) is 0 Å².